The third-order valence-electron chi connectivity index (χ3n) is 4.40. The van der Waals surface area contributed by atoms with Crippen molar-refractivity contribution in [2.45, 2.75) is 24.9 Å². The second kappa shape index (κ2) is 8.52. The molecule has 0 spiro atoms. The highest BCUT2D eigenvalue weighted by Crippen LogP contribution is 2.21. The molecule has 164 valence electrons. The number of nitrogens with zero attached hydrogens (tertiary/aromatic N) is 2. The number of amides is 1. The molecular formula is C20H19F3N4O3S. The highest BCUT2D eigenvalue weighted by molar-refractivity contribution is 7.89. The first-order valence-electron chi connectivity index (χ1n) is 9.07. The van der Waals surface area contributed by atoms with E-state index in [-0.39, 0.29) is 10.6 Å². The van der Waals surface area contributed by atoms with Crippen LogP contribution >= 0.6 is 0 Å². The fourth-order valence-corrected chi connectivity index (χ4v) is 3.98. The van der Waals surface area contributed by atoms with Crippen molar-refractivity contribution in [1.29, 1.82) is 0 Å². The van der Waals surface area contributed by atoms with E-state index in [1.165, 1.54) is 16.9 Å². The number of anilines is 1. The van der Waals surface area contributed by atoms with E-state index < -0.39 is 28.7 Å². The lowest BCUT2D eigenvalue weighted by Crippen LogP contribution is -2.33. The average molecular weight is 452 g/mol. The van der Waals surface area contributed by atoms with Crippen molar-refractivity contribution in [3.05, 3.63) is 71.5 Å². The van der Waals surface area contributed by atoms with Gasteiger partial charge in [-0.15, -0.1) is 0 Å². The van der Waals surface area contributed by atoms with Gasteiger partial charge in [-0.05, 0) is 50.2 Å². The van der Waals surface area contributed by atoms with Gasteiger partial charge in [0.2, 0.25) is 10.0 Å². The molecule has 0 aliphatic heterocycles. The molecule has 0 aliphatic carbocycles. The number of hydrogen-bond donors (Lipinski definition) is 2. The van der Waals surface area contributed by atoms with E-state index in [4.69, 9.17) is 0 Å². The number of nitrogens with one attached hydrogen (secondary N) is 2. The van der Waals surface area contributed by atoms with Crippen molar-refractivity contribution >= 4 is 21.6 Å². The number of aromatic nitrogens is 2. The Hall–Kier alpha value is -3.18. The summed E-state index contributed by atoms with van der Waals surface area (Å²) in [5.74, 6) is -0.442. The number of carbonyl (C=O) groups is 1. The summed E-state index contributed by atoms with van der Waals surface area (Å²) < 4.78 is 63.8. The minimum Gasteiger partial charge on any atom is -0.322 e. The molecule has 3 aromatic rings. The molecule has 0 bridgehead atoms. The monoisotopic (exact) mass is 452 g/mol. The van der Waals surface area contributed by atoms with Crippen LogP contribution in [0.4, 0.5) is 18.9 Å². The third kappa shape index (κ3) is 5.30. The van der Waals surface area contributed by atoms with Gasteiger partial charge in [0, 0.05) is 5.69 Å². The zero-order chi connectivity index (χ0) is 22.8. The van der Waals surface area contributed by atoms with E-state index in [0.717, 1.165) is 17.8 Å². The molecule has 1 amide bonds. The number of alkyl halides is 3. The van der Waals surface area contributed by atoms with Gasteiger partial charge in [0.05, 0.1) is 27.5 Å². The van der Waals surface area contributed by atoms with Gasteiger partial charge in [-0.1, -0.05) is 18.2 Å². The quantitative estimate of drug-likeness (QED) is 0.598. The summed E-state index contributed by atoms with van der Waals surface area (Å²) in [6.07, 6.45) is -4.67. The molecular weight excluding hydrogens is 433 g/mol. The van der Waals surface area contributed by atoms with Gasteiger partial charge in [0.25, 0.3) is 5.91 Å². The first-order valence-corrected chi connectivity index (χ1v) is 10.6. The van der Waals surface area contributed by atoms with Crippen molar-refractivity contribution in [2.75, 3.05) is 11.9 Å². The van der Waals surface area contributed by atoms with E-state index in [2.05, 4.69) is 10.4 Å². The molecule has 0 unspecified atom stereocenters. The maximum Gasteiger partial charge on any atom is 0.402 e. The Labute approximate surface area is 176 Å². The molecule has 0 radical (unpaired) electrons. The van der Waals surface area contributed by atoms with Crippen LogP contribution in [0.1, 0.15) is 21.7 Å². The molecule has 7 nitrogen and oxygen atoms in total. The van der Waals surface area contributed by atoms with Crippen LogP contribution in [0.15, 0.2) is 59.5 Å². The maximum atomic E-state index is 12.8. The highest BCUT2D eigenvalue weighted by Gasteiger charge is 2.30. The number of sulfonamides is 1. The van der Waals surface area contributed by atoms with Crippen molar-refractivity contribution < 1.29 is 26.4 Å². The Kier molecular flexibility index (Phi) is 6.18. The van der Waals surface area contributed by atoms with Crippen molar-refractivity contribution in [1.82, 2.24) is 14.5 Å². The van der Waals surface area contributed by atoms with Gasteiger partial charge in [0.1, 0.15) is 6.54 Å². The van der Waals surface area contributed by atoms with E-state index in [1.807, 2.05) is 30.3 Å². The summed E-state index contributed by atoms with van der Waals surface area (Å²) in [6.45, 7) is 1.78. The van der Waals surface area contributed by atoms with Gasteiger partial charge in [-0.2, -0.15) is 18.3 Å². The normalized spacial score (nSPS) is 12.0. The topological polar surface area (TPSA) is 93.1 Å². The largest absolute Gasteiger partial charge is 0.402 e. The fourth-order valence-electron chi connectivity index (χ4n) is 2.96. The Morgan fingerprint density at radius 2 is 1.65 bits per heavy atom. The molecule has 11 heteroatoms. The zero-order valence-electron chi connectivity index (χ0n) is 16.6. The third-order valence-corrected chi connectivity index (χ3v) is 5.82. The van der Waals surface area contributed by atoms with E-state index >= 15 is 0 Å². The SMILES string of the molecule is Cc1nn(-c2ccccc2)c(C)c1C(=O)Nc1ccc(S(=O)(=O)NCC(F)(F)F)cc1. The van der Waals surface area contributed by atoms with E-state index in [0.29, 0.717) is 17.0 Å². The Morgan fingerprint density at radius 1 is 1.03 bits per heavy atom. The molecule has 3 rings (SSSR count). The second-order valence-corrected chi connectivity index (χ2v) is 8.48. The van der Waals surface area contributed by atoms with Crippen LogP contribution in [-0.4, -0.2) is 36.8 Å². The number of carbonyl (C=O) groups excluding carboxylic acids is 1. The predicted octanol–water partition coefficient (Wildman–Crippen LogP) is 3.58. The lowest BCUT2D eigenvalue weighted by Gasteiger charge is -2.10. The Balaban J connectivity index is 1.77. The molecule has 1 heterocycles. The minimum absolute atomic E-state index is 0.283. The fraction of sp³-hybridized carbons (Fsp3) is 0.200. The first-order chi connectivity index (χ1) is 14.5. The predicted molar refractivity (Wildman–Crippen MR) is 109 cm³/mol. The summed E-state index contributed by atoms with van der Waals surface area (Å²) in [7, 11) is -4.33. The molecule has 0 saturated carbocycles. The van der Waals surface area contributed by atoms with Crippen LogP contribution in [0.5, 0.6) is 0 Å². The van der Waals surface area contributed by atoms with Gasteiger partial charge in [-0.25, -0.2) is 17.8 Å². The molecule has 1 aromatic heterocycles. The summed E-state index contributed by atoms with van der Waals surface area (Å²) in [6, 6.07) is 14.1. The number of rotatable bonds is 6. The highest BCUT2D eigenvalue weighted by atomic mass is 32.2. The van der Waals surface area contributed by atoms with Crippen LogP contribution in [0.2, 0.25) is 0 Å². The van der Waals surface area contributed by atoms with Gasteiger partial charge < -0.3 is 5.32 Å². The van der Waals surface area contributed by atoms with Crippen molar-refractivity contribution in [3.63, 3.8) is 0 Å². The van der Waals surface area contributed by atoms with Crippen LogP contribution in [0, 0.1) is 13.8 Å². The lowest BCUT2D eigenvalue weighted by molar-refractivity contribution is -0.121. The molecule has 0 aliphatic rings. The van der Waals surface area contributed by atoms with Crippen LogP contribution in [0.25, 0.3) is 5.69 Å². The van der Waals surface area contributed by atoms with Gasteiger partial charge in [-0.3, -0.25) is 4.79 Å². The van der Waals surface area contributed by atoms with Crippen LogP contribution in [0.3, 0.4) is 0 Å². The molecule has 0 saturated heterocycles. The molecule has 2 N–H and O–H groups in total. The van der Waals surface area contributed by atoms with Crippen LogP contribution in [-0.2, 0) is 10.0 Å². The second-order valence-electron chi connectivity index (χ2n) is 6.71. The Morgan fingerprint density at radius 3 is 2.23 bits per heavy atom. The first kappa shape index (κ1) is 22.5. The number of benzene rings is 2. The molecule has 0 atom stereocenters. The van der Waals surface area contributed by atoms with E-state index in [9.17, 15) is 26.4 Å². The van der Waals surface area contributed by atoms with Gasteiger partial charge >= 0.3 is 6.18 Å². The lowest BCUT2D eigenvalue weighted by atomic mass is 10.1. The smallest absolute Gasteiger partial charge is 0.322 e. The van der Waals surface area contributed by atoms with E-state index in [1.54, 1.807) is 18.5 Å². The zero-order valence-corrected chi connectivity index (χ0v) is 17.4. The number of aryl methyl sites for hydroxylation is 1. The van der Waals surface area contributed by atoms with Crippen LogP contribution < -0.4 is 10.0 Å². The molecule has 2 aromatic carbocycles. The molecule has 31 heavy (non-hydrogen) atoms. The standard InChI is InChI=1S/C20H19F3N4O3S/c1-13-18(14(2)27(26-13)16-6-4-3-5-7-16)19(28)25-15-8-10-17(11-9-15)31(29,30)24-12-20(21,22)23/h3-11,24H,12H2,1-2H3,(H,25,28). The minimum atomic E-state index is -4.67. The molecule has 0 fully saturated rings. The average Bonchev–Trinajstić information content (AvgIpc) is 3.01. The summed E-state index contributed by atoms with van der Waals surface area (Å²) in [4.78, 5) is 12.4. The Bertz CT molecular complexity index is 1190. The number of hydrogen-bond acceptors (Lipinski definition) is 4. The van der Waals surface area contributed by atoms with Gasteiger partial charge in [0.15, 0.2) is 0 Å². The number of para-hydroxylation sites is 1. The maximum absolute atomic E-state index is 12.8. The summed E-state index contributed by atoms with van der Waals surface area (Å²) in [5, 5.41) is 7.06. The number of halogens is 3. The summed E-state index contributed by atoms with van der Waals surface area (Å²) in [5.41, 5.74) is 2.58. The van der Waals surface area contributed by atoms with Crippen molar-refractivity contribution in [3.8, 4) is 5.69 Å². The van der Waals surface area contributed by atoms with Crippen molar-refractivity contribution in [2.24, 2.45) is 0 Å². The summed E-state index contributed by atoms with van der Waals surface area (Å²) >= 11 is 0.